The average molecular weight is 1000 g/mol. The first kappa shape index (κ1) is 46.5. The van der Waals surface area contributed by atoms with E-state index in [0.717, 1.165) is 48.0 Å². The van der Waals surface area contributed by atoms with Crippen LogP contribution < -0.4 is 0 Å². The van der Waals surface area contributed by atoms with E-state index in [4.69, 9.17) is 0 Å². The van der Waals surface area contributed by atoms with Crippen LogP contribution in [0.15, 0.2) is 188 Å². The summed E-state index contributed by atoms with van der Waals surface area (Å²) in [7, 11) is 0. The van der Waals surface area contributed by atoms with Gasteiger partial charge in [0, 0.05) is 42.1 Å². The second-order valence-electron chi connectivity index (χ2n) is 17.4. The zero-order valence-corrected chi connectivity index (χ0v) is 37.6. The molecule has 0 aliphatic carbocycles. The third kappa shape index (κ3) is 8.42. The van der Waals surface area contributed by atoms with E-state index in [1.165, 1.54) is 36.4 Å². The molecule has 0 saturated carbocycles. The van der Waals surface area contributed by atoms with E-state index in [-0.39, 0.29) is 34.0 Å². The lowest BCUT2D eigenvalue weighted by atomic mass is 9.94. The van der Waals surface area contributed by atoms with E-state index in [0.29, 0.717) is 46.5 Å². The van der Waals surface area contributed by atoms with Crippen molar-refractivity contribution in [2.24, 2.45) is 0 Å². The number of para-hydroxylation sites is 1. The largest absolute Gasteiger partial charge is 0.416 e. The monoisotopic (exact) mass is 1000 g/mol. The maximum absolute atomic E-state index is 14.1. The Balaban J connectivity index is 1.13. The summed E-state index contributed by atoms with van der Waals surface area (Å²) in [6.07, 6.45) is -20.6. The highest BCUT2D eigenvalue weighted by molar-refractivity contribution is 7.26. The number of aromatic nitrogens is 1. The topological polar surface area (TPSA) is 4.93 Å². The van der Waals surface area contributed by atoms with Crippen molar-refractivity contribution < 1.29 is 52.7 Å². The third-order valence-electron chi connectivity index (χ3n) is 12.8. The molecule has 0 aliphatic heterocycles. The molecule has 0 spiro atoms. The molecular weight excluding hydrogens is 971 g/mol. The molecule has 0 radical (unpaired) electrons. The van der Waals surface area contributed by atoms with Gasteiger partial charge in [-0.15, -0.1) is 11.3 Å². The summed E-state index contributed by atoms with van der Waals surface area (Å²) in [6, 6.07) is 48.6. The molecule has 2 heterocycles. The number of fused-ring (bicyclic) bond motifs is 6. The van der Waals surface area contributed by atoms with Crippen LogP contribution in [-0.4, -0.2) is 4.57 Å². The van der Waals surface area contributed by atoms with Gasteiger partial charge in [0.2, 0.25) is 0 Å². The molecule has 2 aromatic heterocycles. The SMILES string of the molecule is FC(F)(F)c1cc(-c2ccc3c(c2)c2cc(-c4cc(C(F)(F)F)cc(C(F)(F)F)c4)ccc2n3-c2ccccc2-c2cccc(-c3cc(-c4ccccc4)c4sc5ccccc5c4c3)c2)cc(C(F)(F)F)c1. The van der Waals surface area contributed by atoms with Crippen LogP contribution >= 0.6 is 11.3 Å². The average Bonchev–Trinajstić information content (AvgIpc) is 3.90. The van der Waals surface area contributed by atoms with Gasteiger partial charge in [0.25, 0.3) is 0 Å². The normalized spacial score (nSPS) is 12.7. The van der Waals surface area contributed by atoms with Gasteiger partial charge in [-0.3, -0.25) is 0 Å². The number of benzene rings is 9. The Morgan fingerprint density at radius 2 is 0.736 bits per heavy atom. The summed E-state index contributed by atoms with van der Waals surface area (Å²) < 4.78 is 173. The van der Waals surface area contributed by atoms with Crippen LogP contribution in [0, 0.1) is 0 Å². The lowest BCUT2D eigenvalue weighted by molar-refractivity contribution is -0.144. The minimum Gasteiger partial charge on any atom is -0.309 e. The van der Waals surface area contributed by atoms with Crippen LogP contribution in [0.2, 0.25) is 0 Å². The first-order chi connectivity index (χ1) is 34.2. The smallest absolute Gasteiger partial charge is 0.309 e. The molecule has 0 atom stereocenters. The molecule has 14 heteroatoms. The Bertz CT molecular complexity index is 3730. The van der Waals surface area contributed by atoms with Crippen LogP contribution in [0.4, 0.5) is 52.7 Å². The van der Waals surface area contributed by atoms with Crippen molar-refractivity contribution in [3.05, 3.63) is 210 Å². The van der Waals surface area contributed by atoms with Gasteiger partial charge in [0.15, 0.2) is 0 Å². The number of alkyl halides is 12. The van der Waals surface area contributed by atoms with Crippen LogP contribution in [0.3, 0.4) is 0 Å². The van der Waals surface area contributed by atoms with Gasteiger partial charge < -0.3 is 4.57 Å². The van der Waals surface area contributed by atoms with Gasteiger partial charge in [-0.2, -0.15) is 52.7 Å². The van der Waals surface area contributed by atoms with Crippen molar-refractivity contribution in [3.63, 3.8) is 0 Å². The lowest BCUT2D eigenvalue weighted by Gasteiger charge is -2.16. The van der Waals surface area contributed by atoms with Gasteiger partial charge in [-0.1, -0.05) is 97.1 Å². The summed E-state index contributed by atoms with van der Waals surface area (Å²) >= 11 is 1.71. The van der Waals surface area contributed by atoms with Crippen molar-refractivity contribution in [2.45, 2.75) is 24.7 Å². The van der Waals surface area contributed by atoms with Gasteiger partial charge >= 0.3 is 24.7 Å². The summed E-state index contributed by atoms with van der Waals surface area (Å²) in [5.41, 5.74) is -0.441. The fourth-order valence-corrected chi connectivity index (χ4v) is 10.7. The van der Waals surface area contributed by atoms with Crippen molar-refractivity contribution in [3.8, 4) is 61.3 Å². The number of nitrogens with zero attached hydrogens (tertiary/aromatic N) is 1. The summed E-state index contributed by atoms with van der Waals surface area (Å²) in [6.45, 7) is 0. The van der Waals surface area contributed by atoms with Crippen molar-refractivity contribution >= 4 is 53.3 Å². The zero-order chi connectivity index (χ0) is 50.5. The fourth-order valence-electron chi connectivity index (χ4n) is 9.49. The first-order valence-corrected chi connectivity index (χ1v) is 22.9. The minimum absolute atomic E-state index is 0.0149. The summed E-state index contributed by atoms with van der Waals surface area (Å²) in [4.78, 5) is 0. The first-order valence-electron chi connectivity index (χ1n) is 22.1. The van der Waals surface area contributed by atoms with Crippen LogP contribution in [0.5, 0.6) is 0 Å². The van der Waals surface area contributed by atoms with Crippen LogP contribution in [0.25, 0.3) is 103 Å². The van der Waals surface area contributed by atoms with Gasteiger partial charge in [-0.05, 0) is 136 Å². The molecule has 358 valence electrons. The predicted molar refractivity (Wildman–Crippen MR) is 261 cm³/mol. The second-order valence-corrected chi connectivity index (χ2v) is 18.4. The van der Waals surface area contributed by atoms with E-state index in [1.54, 1.807) is 22.0 Å². The third-order valence-corrected chi connectivity index (χ3v) is 14.0. The Labute approximate surface area is 405 Å². The van der Waals surface area contributed by atoms with Gasteiger partial charge in [0.1, 0.15) is 0 Å². The molecule has 0 bridgehead atoms. The van der Waals surface area contributed by atoms with E-state index >= 15 is 0 Å². The molecule has 0 amide bonds. The standard InChI is InChI=1S/C58H31F12NS/c59-55(60,61)40-22-37(23-41(30-40)56(62,63)64)34-17-19-51-47(26-34)48-27-35(38-24-42(57(65,66)67)31-43(25-38)58(68,69)70)18-20-52(48)71(51)50-15-6-4-13-44(50)36-12-8-11-33(21-36)39-28-46(32-9-2-1-3-10-32)54-49(29-39)45-14-5-7-16-53(45)72-54/h1-31H. The molecule has 0 N–H and O–H groups in total. The molecule has 1 nitrogen and oxygen atoms in total. The molecule has 72 heavy (non-hydrogen) atoms. The Hall–Kier alpha value is -7.84. The van der Waals surface area contributed by atoms with Crippen molar-refractivity contribution in [1.29, 1.82) is 0 Å². The molecular formula is C58H31F12NS. The van der Waals surface area contributed by atoms with Crippen LogP contribution in [0.1, 0.15) is 22.3 Å². The van der Waals surface area contributed by atoms with Crippen molar-refractivity contribution in [2.75, 3.05) is 0 Å². The lowest BCUT2D eigenvalue weighted by Crippen LogP contribution is -2.11. The van der Waals surface area contributed by atoms with Gasteiger partial charge in [-0.25, -0.2) is 0 Å². The molecule has 11 rings (SSSR count). The van der Waals surface area contributed by atoms with Crippen LogP contribution in [-0.2, 0) is 24.7 Å². The zero-order valence-electron chi connectivity index (χ0n) is 36.8. The molecule has 11 aromatic rings. The number of halogens is 12. The minimum atomic E-state index is -5.15. The number of rotatable bonds is 6. The van der Waals surface area contributed by atoms with Gasteiger partial charge in [0.05, 0.1) is 39.0 Å². The maximum Gasteiger partial charge on any atom is 0.416 e. The molecule has 0 saturated heterocycles. The molecule has 0 unspecified atom stereocenters. The number of thiophene rings is 1. The van der Waals surface area contributed by atoms with Crippen molar-refractivity contribution in [1.82, 2.24) is 4.57 Å². The number of hydrogen-bond donors (Lipinski definition) is 0. The fraction of sp³-hybridized carbons (Fsp3) is 0.0690. The quantitative estimate of drug-likeness (QED) is 0.146. The van der Waals surface area contributed by atoms with E-state index in [1.807, 2.05) is 72.8 Å². The highest BCUT2D eigenvalue weighted by Gasteiger charge is 2.38. The summed E-state index contributed by atoms with van der Waals surface area (Å²) in [5.74, 6) is 0. The Morgan fingerprint density at radius 3 is 1.29 bits per heavy atom. The number of hydrogen-bond acceptors (Lipinski definition) is 1. The highest BCUT2D eigenvalue weighted by atomic mass is 32.1. The van der Waals surface area contributed by atoms with E-state index in [2.05, 4.69) is 36.4 Å². The molecule has 9 aromatic carbocycles. The summed E-state index contributed by atoms with van der Waals surface area (Å²) in [5, 5.41) is 2.68. The highest BCUT2D eigenvalue weighted by Crippen LogP contribution is 2.46. The maximum atomic E-state index is 14.1. The van der Waals surface area contributed by atoms with E-state index < -0.39 is 58.1 Å². The molecule has 0 fully saturated rings. The second kappa shape index (κ2) is 16.9. The van der Waals surface area contributed by atoms with E-state index in [9.17, 15) is 52.7 Å². The molecule has 0 aliphatic rings. The predicted octanol–water partition coefficient (Wildman–Crippen LogP) is 19.6. The Kier molecular flexibility index (Phi) is 10.9. The Morgan fingerprint density at radius 1 is 0.292 bits per heavy atom.